The first-order chi connectivity index (χ1) is 14.4. The Morgan fingerprint density at radius 3 is 2.90 bits per heavy atom. The van der Waals surface area contributed by atoms with Gasteiger partial charge in [0.1, 0.15) is 10.6 Å². The van der Waals surface area contributed by atoms with Crippen molar-refractivity contribution >= 4 is 38.9 Å². The molecule has 3 heterocycles. The van der Waals surface area contributed by atoms with Crippen molar-refractivity contribution < 1.29 is 14.3 Å². The molecule has 30 heavy (non-hydrogen) atoms. The second-order valence-electron chi connectivity index (χ2n) is 7.83. The fourth-order valence-electron chi connectivity index (χ4n) is 4.22. The smallest absolute Gasteiger partial charge is 0.267 e. The van der Waals surface area contributed by atoms with Crippen molar-refractivity contribution in [1.29, 1.82) is 0 Å². The van der Waals surface area contributed by atoms with Gasteiger partial charge in [-0.25, -0.2) is 4.98 Å². The number of carbonyl (C=O) groups excluding carboxylic acids is 2. The van der Waals surface area contributed by atoms with Gasteiger partial charge in [-0.05, 0) is 56.4 Å². The highest BCUT2D eigenvalue weighted by Crippen LogP contribution is 2.35. The first-order valence-corrected chi connectivity index (χ1v) is 10.9. The molecule has 154 valence electrons. The van der Waals surface area contributed by atoms with Gasteiger partial charge < -0.3 is 9.64 Å². The van der Waals surface area contributed by atoms with E-state index in [2.05, 4.69) is 4.98 Å². The molecule has 2 aromatic heterocycles. The fourth-order valence-corrected chi connectivity index (χ4v) is 5.44. The molecule has 8 heteroatoms. The monoisotopic (exact) mass is 423 g/mol. The van der Waals surface area contributed by atoms with Gasteiger partial charge in [-0.2, -0.15) is 0 Å². The quantitative estimate of drug-likeness (QED) is 0.605. The molecule has 2 aliphatic rings. The van der Waals surface area contributed by atoms with Crippen molar-refractivity contribution in [2.75, 3.05) is 11.9 Å². The second kappa shape index (κ2) is 7.05. The zero-order valence-corrected chi connectivity index (χ0v) is 17.6. The Kier molecular flexibility index (Phi) is 4.47. The number of nitrogens with zero attached hydrogens (tertiary/aromatic N) is 3. The lowest BCUT2D eigenvalue weighted by Crippen LogP contribution is -2.42. The highest BCUT2D eigenvalue weighted by Gasteiger charge is 2.29. The van der Waals surface area contributed by atoms with E-state index in [9.17, 15) is 14.4 Å². The second-order valence-corrected chi connectivity index (χ2v) is 8.92. The van der Waals surface area contributed by atoms with Crippen LogP contribution in [0.5, 0.6) is 5.75 Å². The molecule has 0 saturated carbocycles. The molecule has 7 nitrogen and oxygen atoms in total. The number of aryl methyl sites for hydroxylation is 2. The van der Waals surface area contributed by atoms with Crippen LogP contribution in [-0.2, 0) is 24.2 Å². The predicted molar refractivity (Wildman–Crippen MR) is 115 cm³/mol. The summed E-state index contributed by atoms with van der Waals surface area (Å²) in [5, 5.41) is 0.670. The van der Waals surface area contributed by atoms with Crippen LogP contribution in [0, 0.1) is 0 Å². The van der Waals surface area contributed by atoms with Gasteiger partial charge in [0.15, 0.2) is 11.9 Å². The van der Waals surface area contributed by atoms with Crippen LogP contribution in [0.3, 0.4) is 0 Å². The minimum absolute atomic E-state index is 0.0971. The number of thiophene rings is 1. The standard InChI is InChI=1S/C22H21N3O4S/c1-12-21(27)24(2)15-9-13(7-8-17(15)29-12)16(26)10-25-11-23-20-19(22(25)28)14-5-3-4-6-18(14)30-20/h7-9,11-12H,3-6,10H2,1-2H3. The van der Waals surface area contributed by atoms with E-state index in [1.807, 2.05) is 0 Å². The SMILES string of the molecule is CC1Oc2ccc(C(=O)Cn3cnc4sc5c(c4c3=O)CCCC5)cc2N(C)C1=O. The lowest BCUT2D eigenvalue weighted by Gasteiger charge is -2.30. The number of likely N-dealkylation sites (N-methyl/N-ethyl adjacent to an activating group) is 1. The third kappa shape index (κ3) is 2.94. The Morgan fingerprint density at radius 1 is 1.27 bits per heavy atom. The van der Waals surface area contributed by atoms with Crippen LogP contribution in [0.25, 0.3) is 10.2 Å². The number of ether oxygens (including phenoxy) is 1. The molecule has 1 aromatic carbocycles. The predicted octanol–water partition coefficient (Wildman–Crippen LogP) is 2.96. The van der Waals surface area contributed by atoms with Crippen LogP contribution < -0.4 is 15.2 Å². The molecule has 1 aliphatic heterocycles. The van der Waals surface area contributed by atoms with Gasteiger partial charge in [0.25, 0.3) is 11.5 Å². The number of aromatic nitrogens is 2. The van der Waals surface area contributed by atoms with E-state index in [0.29, 0.717) is 22.4 Å². The van der Waals surface area contributed by atoms with Gasteiger partial charge in [-0.15, -0.1) is 11.3 Å². The Morgan fingerprint density at radius 2 is 2.07 bits per heavy atom. The van der Waals surface area contributed by atoms with E-state index >= 15 is 0 Å². The van der Waals surface area contributed by atoms with E-state index in [1.54, 1.807) is 43.5 Å². The molecule has 0 radical (unpaired) electrons. The number of fused-ring (bicyclic) bond motifs is 4. The van der Waals surface area contributed by atoms with E-state index in [1.165, 1.54) is 20.7 Å². The van der Waals surface area contributed by atoms with Crippen molar-refractivity contribution in [2.24, 2.45) is 0 Å². The number of Topliss-reactive ketones (excluding diaryl/α,β-unsaturated/α-hetero) is 1. The summed E-state index contributed by atoms with van der Waals surface area (Å²) in [5.74, 6) is 0.177. The Bertz CT molecular complexity index is 1260. The summed E-state index contributed by atoms with van der Waals surface area (Å²) in [5.41, 5.74) is 1.93. The van der Waals surface area contributed by atoms with Crippen molar-refractivity contribution in [2.45, 2.75) is 45.3 Å². The minimum atomic E-state index is -0.558. The summed E-state index contributed by atoms with van der Waals surface area (Å²) in [7, 11) is 1.66. The molecule has 0 bridgehead atoms. The third-order valence-corrected chi connectivity index (χ3v) is 7.08. The zero-order chi connectivity index (χ0) is 21.0. The molecule has 0 saturated heterocycles. The van der Waals surface area contributed by atoms with Crippen LogP contribution in [-0.4, -0.2) is 34.4 Å². The van der Waals surface area contributed by atoms with Crippen LogP contribution >= 0.6 is 11.3 Å². The van der Waals surface area contributed by atoms with Gasteiger partial charge in [0.2, 0.25) is 0 Å². The van der Waals surface area contributed by atoms with Crippen LogP contribution in [0.2, 0.25) is 0 Å². The summed E-state index contributed by atoms with van der Waals surface area (Å²) < 4.78 is 7.00. The molecule has 1 aliphatic carbocycles. The third-order valence-electron chi connectivity index (χ3n) is 5.88. The number of carbonyl (C=O) groups is 2. The maximum atomic E-state index is 13.1. The zero-order valence-electron chi connectivity index (χ0n) is 16.8. The van der Waals surface area contributed by atoms with E-state index in [-0.39, 0.29) is 23.8 Å². The molecule has 1 atom stereocenters. The van der Waals surface area contributed by atoms with E-state index in [4.69, 9.17) is 4.74 Å². The number of anilines is 1. The summed E-state index contributed by atoms with van der Waals surface area (Å²) in [4.78, 5) is 46.2. The Hall–Kier alpha value is -3.00. The highest BCUT2D eigenvalue weighted by molar-refractivity contribution is 7.18. The van der Waals surface area contributed by atoms with Crippen molar-refractivity contribution in [1.82, 2.24) is 9.55 Å². The molecular weight excluding hydrogens is 402 g/mol. The molecule has 0 spiro atoms. The molecule has 3 aromatic rings. The van der Waals surface area contributed by atoms with Gasteiger partial charge in [0, 0.05) is 17.5 Å². The topological polar surface area (TPSA) is 81.5 Å². The van der Waals surface area contributed by atoms with Crippen LogP contribution in [0.4, 0.5) is 5.69 Å². The number of rotatable bonds is 3. The van der Waals surface area contributed by atoms with Gasteiger partial charge in [-0.1, -0.05) is 0 Å². The average molecular weight is 423 g/mol. The maximum Gasteiger partial charge on any atom is 0.267 e. The van der Waals surface area contributed by atoms with E-state index in [0.717, 1.165) is 36.1 Å². The average Bonchev–Trinajstić information content (AvgIpc) is 3.13. The Labute approximate surface area is 176 Å². The summed E-state index contributed by atoms with van der Waals surface area (Å²) >= 11 is 1.59. The number of benzene rings is 1. The number of ketones is 1. The molecule has 0 fully saturated rings. The minimum Gasteiger partial charge on any atom is -0.479 e. The molecular formula is C22H21N3O4S. The highest BCUT2D eigenvalue weighted by atomic mass is 32.1. The van der Waals surface area contributed by atoms with Gasteiger partial charge >= 0.3 is 0 Å². The fraction of sp³-hybridized carbons (Fsp3) is 0.364. The lowest BCUT2D eigenvalue weighted by molar-refractivity contribution is -0.125. The van der Waals surface area contributed by atoms with Crippen molar-refractivity contribution in [3.05, 3.63) is 50.9 Å². The summed E-state index contributed by atoms with van der Waals surface area (Å²) in [6, 6.07) is 5.01. The summed E-state index contributed by atoms with van der Waals surface area (Å²) in [6.07, 6.45) is 5.02. The van der Waals surface area contributed by atoms with Gasteiger partial charge in [0.05, 0.1) is 23.9 Å². The number of hydrogen-bond acceptors (Lipinski definition) is 6. The van der Waals surface area contributed by atoms with Crippen LogP contribution in [0.15, 0.2) is 29.3 Å². The normalized spacial score (nSPS) is 18.1. The van der Waals surface area contributed by atoms with Crippen molar-refractivity contribution in [3.8, 4) is 5.75 Å². The molecule has 5 rings (SSSR count). The molecule has 1 unspecified atom stereocenters. The largest absolute Gasteiger partial charge is 0.479 e. The molecule has 0 N–H and O–H groups in total. The summed E-state index contributed by atoms with van der Waals surface area (Å²) in [6.45, 7) is 1.60. The van der Waals surface area contributed by atoms with Crippen molar-refractivity contribution in [3.63, 3.8) is 0 Å². The van der Waals surface area contributed by atoms with Crippen LogP contribution in [0.1, 0.15) is 40.6 Å². The molecule has 1 amide bonds. The first kappa shape index (κ1) is 19.0. The Balaban J connectivity index is 1.48. The first-order valence-electron chi connectivity index (χ1n) is 10.0. The number of amides is 1. The van der Waals surface area contributed by atoms with E-state index < -0.39 is 6.10 Å². The maximum absolute atomic E-state index is 13.1. The number of hydrogen-bond donors (Lipinski definition) is 0. The van der Waals surface area contributed by atoms with Gasteiger partial charge in [-0.3, -0.25) is 19.0 Å². The lowest BCUT2D eigenvalue weighted by atomic mass is 9.97.